The number of rotatable bonds is 11. The number of aliphatic hydroxyl groups is 2. The molecule has 0 aliphatic rings. The van der Waals surface area contributed by atoms with Crippen molar-refractivity contribution in [2.45, 2.75) is 65.2 Å². The molecule has 0 aromatic carbocycles. The quantitative estimate of drug-likeness (QED) is 0.552. The SMILES string of the molecule is CCCCOCC.OCCCCCCCCO. The van der Waals surface area contributed by atoms with Crippen LogP contribution in [0.1, 0.15) is 65.2 Å². The second kappa shape index (κ2) is 21.2. The van der Waals surface area contributed by atoms with E-state index in [1.54, 1.807) is 0 Å². The molecule has 0 saturated carbocycles. The summed E-state index contributed by atoms with van der Waals surface area (Å²) in [4.78, 5) is 0. The van der Waals surface area contributed by atoms with Crippen molar-refractivity contribution in [2.75, 3.05) is 26.4 Å². The second-order valence-electron chi connectivity index (χ2n) is 4.12. The van der Waals surface area contributed by atoms with Crippen LogP contribution in [0.2, 0.25) is 0 Å². The first-order valence-corrected chi connectivity index (χ1v) is 7.12. The molecule has 106 valence electrons. The van der Waals surface area contributed by atoms with E-state index in [0.29, 0.717) is 13.2 Å². The first-order valence-electron chi connectivity index (χ1n) is 7.12. The summed E-state index contributed by atoms with van der Waals surface area (Å²) in [6.45, 7) is 6.63. The predicted octanol–water partition coefficient (Wildman–Crippen LogP) is 3.13. The third kappa shape index (κ3) is 25.8. The monoisotopic (exact) mass is 248 g/mol. The van der Waals surface area contributed by atoms with Gasteiger partial charge in [-0.3, -0.25) is 0 Å². The summed E-state index contributed by atoms with van der Waals surface area (Å²) in [6.07, 6.45) is 8.94. The minimum atomic E-state index is 0.319. The van der Waals surface area contributed by atoms with E-state index in [-0.39, 0.29) is 0 Å². The molecule has 0 aliphatic heterocycles. The van der Waals surface area contributed by atoms with E-state index in [9.17, 15) is 0 Å². The molecule has 3 nitrogen and oxygen atoms in total. The fraction of sp³-hybridized carbons (Fsp3) is 1.00. The molecule has 0 amide bonds. The first-order chi connectivity index (χ1) is 8.33. The molecule has 0 aromatic heterocycles. The summed E-state index contributed by atoms with van der Waals surface area (Å²) in [6, 6.07) is 0. The highest BCUT2D eigenvalue weighted by Gasteiger charge is 1.88. The first kappa shape index (κ1) is 19.2. The van der Waals surface area contributed by atoms with E-state index < -0.39 is 0 Å². The van der Waals surface area contributed by atoms with Crippen LogP contribution in [0, 0.1) is 0 Å². The Bertz CT molecular complexity index is 95.6. The smallest absolute Gasteiger partial charge is 0.0465 e. The van der Waals surface area contributed by atoms with Crippen molar-refractivity contribution in [3.63, 3.8) is 0 Å². The van der Waals surface area contributed by atoms with Crippen LogP contribution in [0.5, 0.6) is 0 Å². The molecule has 0 rings (SSSR count). The lowest BCUT2D eigenvalue weighted by atomic mass is 10.1. The summed E-state index contributed by atoms with van der Waals surface area (Å²) in [5.41, 5.74) is 0. The number of hydrogen-bond donors (Lipinski definition) is 2. The minimum Gasteiger partial charge on any atom is -0.396 e. The summed E-state index contributed by atoms with van der Waals surface area (Å²) in [7, 11) is 0. The van der Waals surface area contributed by atoms with Crippen LogP contribution in [-0.4, -0.2) is 36.6 Å². The second-order valence-corrected chi connectivity index (χ2v) is 4.12. The molecule has 3 heteroatoms. The molecule has 17 heavy (non-hydrogen) atoms. The van der Waals surface area contributed by atoms with Gasteiger partial charge in [0.25, 0.3) is 0 Å². The van der Waals surface area contributed by atoms with Gasteiger partial charge in [-0.2, -0.15) is 0 Å². The highest BCUT2D eigenvalue weighted by Crippen LogP contribution is 2.03. The predicted molar refractivity (Wildman–Crippen MR) is 73.3 cm³/mol. The normalized spacial score (nSPS) is 9.88. The van der Waals surface area contributed by atoms with E-state index in [1.165, 1.54) is 25.7 Å². The van der Waals surface area contributed by atoms with Crippen LogP contribution in [0.4, 0.5) is 0 Å². The van der Waals surface area contributed by atoms with Gasteiger partial charge < -0.3 is 14.9 Å². The maximum atomic E-state index is 8.43. The van der Waals surface area contributed by atoms with Crippen molar-refractivity contribution in [3.8, 4) is 0 Å². The maximum absolute atomic E-state index is 8.43. The van der Waals surface area contributed by atoms with Crippen LogP contribution in [0.25, 0.3) is 0 Å². The minimum absolute atomic E-state index is 0.319. The standard InChI is InChI=1S/C8H18O2.C6H14O/c9-7-5-3-1-2-4-6-8-10;1-3-5-6-7-4-2/h9-10H,1-8H2;3-6H2,1-2H3. The Labute approximate surface area is 107 Å². The Morgan fingerprint density at radius 1 is 0.706 bits per heavy atom. The van der Waals surface area contributed by atoms with E-state index >= 15 is 0 Å². The van der Waals surface area contributed by atoms with Gasteiger partial charge >= 0.3 is 0 Å². The molecule has 0 aromatic rings. The van der Waals surface area contributed by atoms with Crippen molar-refractivity contribution in [1.29, 1.82) is 0 Å². The average molecular weight is 248 g/mol. The molecule has 0 spiro atoms. The zero-order chi connectivity index (χ0) is 13.2. The number of ether oxygens (including phenoxy) is 1. The lowest BCUT2D eigenvalue weighted by Crippen LogP contribution is -1.90. The van der Waals surface area contributed by atoms with Gasteiger partial charge in [-0.1, -0.05) is 39.0 Å². The Morgan fingerprint density at radius 3 is 1.53 bits per heavy atom. The lowest BCUT2D eigenvalue weighted by molar-refractivity contribution is 0.144. The van der Waals surface area contributed by atoms with Gasteiger partial charge in [-0.15, -0.1) is 0 Å². The molecule has 0 heterocycles. The van der Waals surface area contributed by atoms with Crippen molar-refractivity contribution in [2.24, 2.45) is 0 Å². The van der Waals surface area contributed by atoms with Gasteiger partial charge in [-0.25, -0.2) is 0 Å². The molecule has 2 N–H and O–H groups in total. The van der Waals surface area contributed by atoms with Crippen LogP contribution in [-0.2, 0) is 4.74 Å². The number of unbranched alkanes of at least 4 members (excludes halogenated alkanes) is 6. The molecule has 0 fully saturated rings. The molecule has 0 atom stereocenters. The third-order valence-electron chi connectivity index (χ3n) is 2.41. The van der Waals surface area contributed by atoms with Gasteiger partial charge in [-0.05, 0) is 26.2 Å². The molecule has 0 saturated heterocycles. The van der Waals surface area contributed by atoms with E-state index in [2.05, 4.69) is 6.92 Å². The lowest BCUT2D eigenvalue weighted by Gasteiger charge is -1.97. The molecule has 0 radical (unpaired) electrons. The Balaban J connectivity index is 0. The largest absolute Gasteiger partial charge is 0.396 e. The van der Waals surface area contributed by atoms with Crippen molar-refractivity contribution in [3.05, 3.63) is 0 Å². The maximum Gasteiger partial charge on any atom is 0.0465 e. The zero-order valence-corrected chi connectivity index (χ0v) is 11.8. The Morgan fingerprint density at radius 2 is 1.18 bits per heavy atom. The van der Waals surface area contributed by atoms with E-state index in [1.807, 2.05) is 6.92 Å². The van der Waals surface area contributed by atoms with Crippen LogP contribution >= 0.6 is 0 Å². The molecule has 0 aliphatic carbocycles. The summed E-state index contributed by atoms with van der Waals surface area (Å²) < 4.78 is 5.07. The van der Waals surface area contributed by atoms with Crippen molar-refractivity contribution in [1.82, 2.24) is 0 Å². The fourth-order valence-corrected chi connectivity index (χ4v) is 1.32. The summed E-state index contributed by atoms with van der Waals surface area (Å²) in [5, 5.41) is 16.9. The third-order valence-corrected chi connectivity index (χ3v) is 2.41. The van der Waals surface area contributed by atoms with Gasteiger partial charge in [0.2, 0.25) is 0 Å². The molecule has 0 unspecified atom stereocenters. The van der Waals surface area contributed by atoms with Crippen LogP contribution in [0.15, 0.2) is 0 Å². The van der Waals surface area contributed by atoms with Gasteiger partial charge in [0.15, 0.2) is 0 Å². The molecular formula is C14H32O3. The average Bonchev–Trinajstić information content (AvgIpc) is 2.35. The van der Waals surface area contributed by atoms with Crippen LogP contribution in [0.3, 0.4) is 0 Å². The van der Waals surface area contributed by atoms with Gasteiger partial charge in [0.1, 0.15) is 0 Å². The van der Waals surface area contributed by atoms with E-state index in [0.717, 1.165) is 38.9 Å². The van der Waals surface area contributed by atoms with Crippen molar-refractivity contribution >= 4 is 0 Å². The van der Waals surface area contributed by atoms with Gasteiger partial charge in [0.05, 0.1) is 0 Å². The topological polar surface area (TPSA) is 49.7 Å². The molecule has 0 bridgehead atoms. The molecular weight excluding hydrogens is 216 g/mol. The van der Waals surface area contributed by atoms with Crippen LogP contribution < -0.4 is 0 Å². The van der Waals surface area contributed by atoms with Gasteiger partial charge in [0, 0.05) is 26.4 Å². The highest BCUT2D eigenvalue weighted by atomic mass is 16.5. The van der Waals surface area contributed by atoms with Crippen molar-refractivity contribution < 1.29 is 14.9 Å². The Kier molecular flexibility index (Phi) is 24.0. The zero-order valence-electron chi connectivity index (χ0n) is 11.8. The Hall–Kier alpha value is -0.120. The summed E-state index contributed by atoms with van der Waals surface area (Å²) >= 11 is 0. The van der Waals surface area contributed by atoms with E-state index in [4.69, 9.17) is 14.9 Å². The summed E-state index contributed by atoms with van der Waals surface area (Å²) in [5.74, 6) is 0. The fourth-order valence-electron chi connectivity index (χ4n) is 1.32. The number of aliphatic hydroxyl groups excluding tert-OH is 2. The highest BCUT2D eigenvalue weighted by molar-refractivity contribution is 4.43. The number of hydrogen-bond acceptors (Lipinski definition) is 3.